The van der Waals surface area contributed by atoms with Crippen molar-refractivity contribution in [2.24, 2.45) is 34.5 Å². The molecule has 93 heavy (non-hydrogen) atoms. The van der Waals surface area contributed by atoms with Gasteiger partial charge in [-0.2, -0.15) is 26.3 Å². The van der Waals surface area contributed by atoms with Crippen LogP contribution in [0.3, 0.4) is 0 Å². The summed E-state index contributed by atoms with van der Waals surface area (Å²) in [5, 5.41) is 5.62. The van der Waals surface area contributed by atoms with Crippen LogP contribution in [0.4, 0.5) is 35.9 Å². The van der Waals surface area contributed by atoms with Gasteiger partial charge in [-0.25, -0.2) is 42.1 Å². The summed E-state index contributed by atoms with van der Waals surface area (Å²) < 4.78 is 106. The Hall–Kier alpha value is -5.71. The maximum absolute atomic E-state index is 14.2. The summed E-state index contributed by atoms with van der Waals surface area (Å²) in [5.41, 5.74) is -1.99. The summed E-state index contributed by atoms with van der Waals surface area (Å²) in [6, 6.07) is 2.63. The van der Waals surface area contributed by atoms with Crippen LogP contribution in [0.5, 0.6) is 11.8 Å². The molecule has 18 nitrogen and oxygen atoms in total. The molecule has 26 heteroatoms. The molecule has 2 N–H and O–H groups in total. The zero-order valence-corrected chi connectivity index (χ0v) is 57.2. The van der Waals surface area contributed by atoms with Gasteiger partial charge in [-0.15, -0.1) is 0 Å². The molecule has 4 amide bonds. The topological polar surface area (TPSA) is 221 Å². The number of ether oxygens (including phenoxy) is 4. The number of fused-ring (bicyclic) bond motifs is 10. The SMILES string of the molecule is CC[C@@H]1[C@@H]2CN(C(=O)[C@H](C(C)(C)C)NC(=O)O[C@@H]3CCC[C@H]3CCCCCc3nc4ccc(C(F)(F)F)cc4nc3O2)[C@@H]1[C-]=O.CC[C@@H]1[C@@H]2CN(C(=O)[C@H](C(C)(C)C)NC(=O)O[C@]3(C)CCC[C@H]3CCCCCc3nc4ccc(C(F)(F)F)cc4nc3O2)[C@@H]1[C-]=O.[V].[V]. The number of benzene rings is 2. The molecule has 2 aliphatic carbocycles. The van der Waals surface area contributed by atoms with Gasteiger partial charge < -0.3 is 49.0 Å². The first kappa shape index (κ1) is 74.7. The van der Waals surface area contributed by atoms with Gasteiger partial charge in [-0.1, -0.05) is 106 Å². The zero-order valence-electron chi connectivity index (χ0n) is 54.4. The number of aryl methyl sites for hydroxylation is 2. The molecule has 12 atom stereocenters. The third-order valence-corrected chi connectivity index (χ3v) is 19.5. The van der Waals surface area contributed by atoms with Crippen LogP contribution in [-0.4, -0.2) is 127 Å². The molecule has 4 bridgehead atoms. The molecule has 2 saturated heterocycles. The van der Waals surface area contributed by atoms with E-state index < -0.39 is 112 Å². The van der Waals surface area contributed by atoms with Crippen molar-refractivity contribution in [1.82, 2.24) is 40.4 Å². The Morgan fingerprint density at radius 3 is 1.43 bits per heavy atom. The molecule has 508 valence electrons. The second-order valence-electron chi connectivity index (χ2n) is 27.9. The van der Waals surface area contributed by atoms with Crippen LogP contribution in [-0.2, 0) is 91.0 Å². The van der Waals surface area contributed by atoms with Crippen LogP contribution in [0.15, 0.2) is 36.4 Å². The van der Waals surface area contributed by atoms with Crippen molar-refractivity contribution in [3.63, 3.8) is 0 Å². The summed E-state index contributed by atoms with van der Waals surface area (Å²) in [4.78, 5) is 101. The van der Waals surface area contributed by atoms with E-state index in [1.807, 2.05) is 74.9 Å². The average Bonchev–Trinajstić information content (AvgIpc) is 1.75. The van der Waals surface area contributed by atoms with E-state index in [-0.39, 0.29) is 90.9 Å². The van der Waals surface area contributed by atoms with Gasteiger partial charge in [-0.3, -0.25) is 9.59 Å². The number of hydrogen-bond donors (Lipinski definition) is 2. The molecule has 4 aliphatic heterocycles. The van der Waals surface area contributed by atoms with Crippen molar-refractivity contribution < 1.29 is 111 Å². The molecule has 2 aromatic heterocycles. The van der Waals surface area contributed by atoms with Crippen molar-refractivity contribution in [2.75, 3.05) is 13.1 Å². The van der Waals surface area contributed by atoms with E-state index in [9.17, 15) is 55.1 Å². The van der Waals surface area contributed by atoms with Crippen molar-refractivity contribution in [3.8, 4) is 11.8 Å². The molecule has 4 fully saturated rings. The number of amides is 4. The number of halogens is 6. The molecular formula is C67H86F6N8O10V2-2. The number of carbonyl (C=O) groups excluding carboxylic acids is 6. The molecule has 4 aromatic rings. The van der Waals surface area contributed by atoms with Crippen LogP contribution in [0.2, 0.25) is 0 Å². The van der Waals surface area contributed by atoms with Crippen molar-refractivity contribution >= 4 is 58.6 Å². The molecule has 0 spiro atoms. The second-order valence-corrected chi connectivity index (χ2v) is 27.9. The van der Waals surface area contributed by atoms with Gasteiger partial charge in [0.05, 0.1) is 46.3 Å². The van der Waals surface area contributed by atoms with Crippen LogP contribution in [0, 0.1) is 34.5 Å². The fourth-order valence-corrected chi connectivity index (χ4v) is 14.3. The summed E-state index contributed by atoms with van der Waals surface area (Å²) >= 11 is 0. The minimum atomic E-state index is -4.55. The Bertz CT molecular complexity index is 3310. The van der Waals surface area contributed by atoms with Crippen molar-refractivity contribution in [2.45, 2.75) is 238 Å². The van der Waals surface area contributed by atoms with Crippen LogP contribution < -0.4 is 20.1 Å². The Balaban J connectivity index is 0.000000258. The number of aromatic nitrogens is 4. The number of nitrogens with zero attached hydrogens (tertiary/aromatic N) is 6. The fraction of sp³-hybridized carbons (Fsp3) is 0.672. The smallest absolute Gasteiger partial charge is 0.416 e. The number of nitrogens with one attached hydrogen (secondary N) is 2. The Kier molecular flexibility index (Phi) is 24.5. The third-order valence-electron chi connectivity index (χ3n) is 19.5. The number of hydrogen-bond acceptors (Lipinski definition) is 14. The van der Waals surface area contributed by atoms with E-state index >= 15 is 0 Å². The van der Waals surface area contributed by atoms with Crippen molar-refractivity contribution in [1.29, 1.82) is 0 Å². The summed E-state index contributed by atoms with van der Waals surface area (Å²) in [6.07, 6.45) is 5.95. The number of alkyl halides is 6. The largest absolute Gasteiger partial charge is 0.540 e. The van der Waals surface area contributed by atoms with Gasteiger partial charge in [0.15, 0.2) is 0 Å². The molecule has 2 saturated carbocycles. The predicted octanol–water partition coefficient (Wildman–Crippen LogP) is 12.7. The summed E-state index contributed by atoms with van der Waals surface area (Å²) in [7, 11) is 0. The molecule has 2 aromatic carbocycles. The average molecular weight is 1380 g/mol. The summed E-state index contributed by atoms with van der Waals surface area (Å²) in [5.74, 6) is -1.25. The Morgan fingerprint density at radius 2 is 0.989 bits per heavy atom. The number of alkyl carbamates (subject to hydrolysis) is 2. The van der Waals surface area contributed by atoms with E-state index in [2.05, 4.69) is 25.6 Å². The fourth-order valence-electron chi connectivity index (χ4n) is 14.3. The second kappa shape index (κ2) is 30.6. The van der Waals surface area contributed by atoms with Gasteiger partial charge in [0.2, 0.25) is 23.6 Å². The molecule has 6 heterocycles. The van der Waals surface area contributed by atoms with E-state index in [4.69, 9.17) is 23.9 Å². The first-order valence-corrected chi connectivity index (χ1v) is 32.4. The van der Waals surface area contributed by atoms with Crippen LogP contribution >= 0.6 is 0 Å². The minimum Gasteiger partial charge on any atom is -0.540 e. The van der Waals surface area contributed by atoms with Crippen molar-refractivity contribution in [3.05, 3.63) is 58.9 Å². The first-order chi connectivity index (χ1) is 42.9. The molecule has 10 rings (SSSR count). The van der Waals surface area contributed by atoms with Gasteiger partial charge in [0.1, 0.15) is 47.4 Å². The standard InChI is InChI=1S/C34H44F3N4O5.C33H42F3N4O5.2V/c1-6-22-26(19-42)41-18-27(22)45-29-24(38-23-15-14-21(34(35,36)37)17-25(23)39-29)13-9-7-8-11-20-12-10-16-33(20,5)46-31(44)40-28(30(41)43)32(2,3)4;1-5-21-25(18-41)40-17-27(21)44-29-23(37-22-15-14-20(33(34,35)36)16-24(22)38-29)12-8-6-7-10-19-11-9-13-26(19)45-31(43)39-28(30(40)42)32(2,3)4;;/h14-15,17,20,22,26-28H,6-13,16,18H2,1-5H3,(H,40,44);14-16,19,21,25-28H,5-13,17H2,1-4H3,(H,39,43);;/q2*-1;;/t20-,22+,26-,27+,28-,33-;19-,21+,25-,26-,27+,28-;;/m11../s1. The quantitative estimate of drug-likeness (QED) is 0.143. The molecule has 2 radical (unpaired) electrons. The van der Waals surface area contributed by atoms with Crippen LogP contribution in [0.1, 0.15) is 188 Å². The maximum atomic E-state index is 14.2. The van der Waals surface area contributed by atoms with Gasteiger partial charge >= 0.3 is 24.5 Å². The van der Waals surface area contributed by atoms with Gasteiger partial charge in [0.25, 0.3) is 0 Å². The monoisotopic (exact) mass is 1380 g/mol. The molecular weight excluding hydrogens is 1290 g/mol. The van der Waals surface area contributed by atoms with Gasteiger partial charge in [-0.05, 0) is 155 Å². The minimum absolute atomic E-state index is 0. The van der Waals surface area contributed by atoms with E-state index in [1.54, 1.807) is 0 Å². The number of carbonyl (C=O) groups is 4. The van der Waals surface area contributed by atoms with Crippen LogP contribution in [0.25, 0.3) is 22.1 Å². The summed E-state index contributed by atoms with van der Waals surface area (Å²) in [6.45, 7) is 16.7. The van der Waals surface area contributed by atoms with E-state index in [1.165, 1.54) is 21.9 Å². The third kappa shape index (κ3) is 17.3. The Morgan fingerprint density at radius 1 is 0.548 bits per heavy atom. The number of rotatable bonds is 4. The first-order valence-electron chi connectivity index (χ1n) is 32.4. The normalized spacial score (nSPS) is 28.7. The zero-order chi connectivity index (χ0) is 66.0. The maximum Gasteiger partial charge on any atom is 0.416 e. The van der Waals surface area contributed by atoms with E-state index in [0.717, 1.165) is 114 Å². The molecule has 6 aliphatic rings. The van der Waals surface area contributed by atoms with Gasteiger partial charge in [0, 0.05) is 37.1 Å². The molecule has 0 unspecified atom stereocenters. The Labute approximate surface area is 563 Å². The predicted molar refractivity (Wildman–Crippen MR) is 325 cm³/mol. The van der Waals surface area contributed by atoms with E-state index in [0.29, 0.717) is 48.1 Å².